The lowest BCUT2D eigenvalue weighted by atomic mass is 9.82. The number of amides is 1. The third-order valence-corrected chi connectivity index (χ3v) is 4.95. The predicted molar refractivity (Wildman–Crippen MR) is 107 cm³/mol. The van der Waals surface area contributed by atoms with Gasteiger partial charge in [0.25, 0.3) is 0 Å². The SMILES string of the molecule is CC1(CN)CCOCC1.CC1(CNC(=O)OC(C)(C)C)CCOCC1.Cl. The summed E-state index contributed by atoms with van der Waals surface area (Å²) in [4.78, 5) is 11.5. The monoisotopic (exact) mass is 394 g/mol. The van der Waals surface area contributed by atoms with Gasteiger partial charge in [0.05, 0.1) is 0 Å². The van der Waals surface area contributed by atoms with Gasteiger partial charge in [-0.25, -0.2) is 4.79 Å². The van der Waals surface area contributed by atoms with Crippen molar-refractivity contribution in [2.75, 3.05) is 39.5 Å². The van der Waals surface area contributed by atoms with E-state index in [2.05, 4.69) is 19.2 Å². The van der Waals surface area contributed by atoms with E-state index in [0.717, 1.165) is 58.7 Å². The van der Waals surface area contributed by atoms with Crippen molar-refractivity contribution in [3.05, 3.63) is 0 Å². The van der Waals surface area contributed by atoms with Gasteiger partial charge in [0.2, 0.25) is 0 Å². The van der Waals surface area contributed by atoms with Gasteiger partial charge in [0.15, 0.2) is 0 Å². The molecule has 0 aliphatic carbocycles. The van der Waals surface area contributed by atoms with Crippen LogP contribution in [-0.4, -0.2) is 51.2 Å². The number of halogens is 1. The Bertz CT molecular complexity index is 401. The fraction of sp³-hybridized carbons (Fsp3) is 0.947. The molecule has 2 aliphatic rings. The van der Waals surface area contributed by atoms with Crippen LogP contribution in [0, 0.1) is 10.8 Å². The zero-order valence-electron chi connectivity index (χ0n) is 17.2. The molecule has 156 valence electrons. The van der Waals surface area contributed by atoms with Crippen LogP contribution >= 0.6 is 12.4 Å². The van der Waals surface area contributed by atoms with Crippen LogP contribution < -0.4 is 11.1 Å². The lowest BCUT2D eigenvalue weighted by Crippen LogP contribution is -2.41. The van der Waals surface area contributed by atoms with Crippen molar-refractivity contribution in [3.63, 3.8) is 0 Å². The van der Waals surface area contributed by atoms with Crippen molar-refractivity contribution in [2.24, 2.45) is 16.6 Å². The van der Waals surface area contributed by atoms with Gasteiger partial charge < -0.3 is 25.3 Å². The number of hydrogen-bond acceptors (Lipinski definition) is 5. The van der Waals surface area contributed by atoms with Crippen LogP contribution in [0.2, 0.25) is 0 Å². The van der Waals surface area contributed by atoms with Crippen LogP contribution in [-0.2, 0) is 14.2 Å². The largest absolute Gasteiger partial charge is 0.444 e. The Balaban J connectivity index is 0.000000532. The number of nitrogens with one attached hydrogen (secondary N) is 1. The number of alkyl carbamates (subject to hydrolysis) is 1. The van der Waals surface area contributed by atoms with E-state index in [0.29, 0.717) is 12.0 Å². The molecule has 0 aromatic carbocycles. The van der Waals surface area contributed by atoms with Crippen LogP contribution in [0.25, 0.3) is 0 Å². The van der Waals surface area contributed by atoms with Gasteiger partial charge in [0, 0.05) is 33.0 Å². The van der Waals surface area contributed by atoms with Crippen molar-refractivity contribution in [3.8, 4) is 0 Å². The molecule has 0 atom stereocenters. The third-order valence-electron chi connectivity index (χ3n) is 4.95. The molecule has 0 spiro atoms. The van der Waals surface area contributed by atoms with Gasteiger partial charge in [-0.3, -0.25) is 0 Å². The van der Waals surface area contributed by atoms with E-state index in [1.54, 1.807) is 0 Å². The van der Waals surface area contributed by atoms with E-state index >= 15 is 0 Å². The second-order valence-electron chi connectivity index (χ2n) is 8.91. The highest BCUT2D eigenvalue weighted by Gasteiger charge is 2.28. The van der Waals surface area contributed by atoms with Crippen LogP contribution in [0.15, 0.2) is 0 Å². The van der Waals surface area contributed by atoms with Crippen molar-refractivity contribution in [1.29, 1.82) is 0 Å². The smallest absolute Gasteiger partial charge is 0.407 e. The first-order chi connectivity index (χ1) is 11.6. The molecule has 3 N–H and O–H groups in total. The lowest BCUT2D eigenvalue weighted by Gasteiger charge is -2.33. The van der Waals surface area contributed by atoms with Crippen molar-refractivity contribution < 1.29 is 19.0 Å². The maximum Gasteiger partial charge on any atom is 0.407 e. The minimum atomic E-state index is -0.430. The lowest BCUT2D eigenvalue weighted by molar-refractivity contribution is 0.0179. The fourth-order valence-electron chi connectivity index (χ4n) is 2.71. The molecule has 2 fully saturated rings. The van der Waals surface area contributed by atoms with Crippen LogP contribution in [0.5, 0.6) is 0 Å². The van der Waals surface area contributed by atoms with Crippen molar-refractivity contribution in [2.45, 2.75) is 65.9 Å². The Hall–Kier alpha value is -0.560. The van der Waals surface area contributed by atoms with Gasteiger partial charge >= 0.3 is 6.09 Å². The molecule has 0 radical (unpaired) electrons. The van der Waals surface area contributed by atoms with Crippen LogP contribution in [0.4, 0.5) is 4.79 Å². The molecule has 0 saturated carbocycles. The van der Waals surface area contributed by atoms with Gasteiger partial charge in [-0.1, -0.05) is 13.8 Å². The highest BCUT2D eigenvalue weighted by molar-refractivity contribution is 5.85. The Morgan fingerprint density at radius 3 is 1.77 bits per heavy atom. The number of carbonyl (C=O) groups excluding carboxylic acids is 1. The molecular formula is C19H39ClN2O4. The first-order valence-corrected chi connectivity index (χ1v) is 9.40. The molecule has 6 nitrogen and oxygen atoms in total. The van der Waals surface area contributed by atoms with E-state index in [4.69, 9.17) is 19.9 Å². The second kappa shape index (κ2) is 11.3. The summed E-state index contributed by atoms with van der Waals surface area (Å²) in [7, 11) is 0. The number of nitrogens with two attached hydrogens (primary N) is 1. The average Bonchev–Trinajstić information content (AvgIpc) is 2.54. The highest BCUT2D eigenvalue weighted by Crippen LogP contribution is 2.29. The summed E-state index contributed by atoms with van der Waals surface area (Å²) in [6.45, 7) is 14.8. The molecule has 7 heteroatoms. The predicted octanol–water partition coefficient (Wildman–Crippen LogP) is 3.51. The summed E-state index contributed by atoms with van der Waals surface area (Å²) in [5.74, 6) is 0. The molecule has 1 amide bonds. The van der Waals surface area contributed by atoms with Crippen LogP contribution in [0.3, 0.4) is 0 Å². The topological polar surface area (TPSA) is 82.8 Å². The number of ether oxygens (including phenoxy) is 3. The molecular weight excluding hydrogens is 356 g/mol. The molecule has 2 saturated heterocycles. The Kier molecular flexibility index (Phi) is 11.1. The summed E-state index contributed by atoms with van der Waals surface area (Å²) in [5.41, 5.74) is 5.67. The number of rotatable bonds is 3. The average molecular weight is 395 g/mol. The summed E-state index contributed by atoms with van der Waals surface area (Å²) >= 11 is 0. The van der Waals surface area contributed by atoms with E-state index < -0.39 is 5.60 Å². The summed E-state index contributed by atoms with van der Waals surface area (Å²) in [5, 5.41) is 2.83. The summed E-state index contributed by atoms with van der Waals surface area (Å²) < 4.78 is 15.7. The van der Waals surface area contributed by atoms with E-state index in [1.165, 1.54) is 0 Å². The maximum atomic E-state index is 11.5. The zero-order valence-corrected chi connectivity index (χ0v) is 18.0. The molecule has 0 aromatic rings. The second-order valence-corrected chi connectivity index (χ2v) is 8.91. The van der Waals surface area contributed by atoms with Gasteiger partial charge in [0.1, 0.15) is 5.60 Å². The maximum absolute atomic E-state index is 11.5. The molecule has 2 rings (SSSR count). The quantitative estimate of drug-likeness (QED) is 0.765. The minimum Gasteiger partial charge on any atom is -0.444 e. The number of carbonyl (C=O) groups is 1. The zero-order chi connectivity index (χ0) is 19.0. The van der Waals surface area contributed by atoms with Gasteiger partial charge in [-0.2, -0.15) is 0 Å². The molecule has 2 aliphatic heterocycles. The highest BCUT2D eigenvalue weighted by atomic mass is 35.5. The number of hydrogen-bond donors (Lipinski definition) is 2. The molecule has 0 bridgehead atoms. The molecule has 0 aromatic heterocycles. The normalized spacial score (nSPS) is 21.5. The molecule has 0 unspecified atom stereocenters. The van der Waals surface area contributed by atoms with Gasteiger partial charge in [-0.15, -0.1) is 12.4 Å². The Morgan fingerprint density at radius 1 is 1.00 bits per heavy atom. The minimum absolute atomic E-state index is 0. The Labute approximate surface area is 165 Å². The molecule has 2 heterocycles. The Morgan fingerprint density at radius 2 is 1.42 bits per heavy atom. The third kappa shape index (κ3) is 10.6. The first kappa shape index (κ1) is 25.4. The van der Waals surface area contributed by atoms with Gasteiger partial charge in [-0.05, 0) is 63.8 Å². The summed E-state index contributed by atoms with van der Waals surface area (Å²) in [6.07, 6.45) is 3.90. The van der Waals surface area contributed by atoms with E-state index in [-0.39, 0.29) is 23.9 Å². The van der Waals surface area contributed by atoms with E-state index in [1.807, 2.05) is 20.8 Å². The fourth-order valence-corrected chi connectivity index (χ4v) is 2.71. The standard InChI is InChI=1S/C12H23NO3.C7H15NO.ClH/c1-11(2,3)16-10(14)13-9-12(4)5-7-15-8-6-12;1-7(6-8)2-4-9-5-3-7;/h5-9H2,1-4H3,(H,13,14);2-6,8H2,1H3;1H. The van der Waals surface area contributed by atoms with Crippen molar-refractivity contribution in [1.82, 2.24) is 5.32 Å². The van der Waals surface area contributed by atoms with Crippen LogP contribution in [0.1, 0.15) is 60.3 Å². The molecule has 26 heavy (non-hydrogen) atoms. The van der Waals surface area contributed by atoms with Crippen molar-refractivity contribution >= 4 is 18.5 Å². The van der Waals surface area contributed by atoms with E-state index in [9.17, 15) is 4.79 Å². The first-order valence-electron chi connectivity index (χ1n) is 9.40. The summed E-state index contributed by atoms with van der Waals surface area (Å²) in [6, 6.07) is 0.